The first-order chi connectivity index (χ1) is 7.26. The van der Waals surface area contributed by atoms with E-state index in [1.54, 1.807) is 24.4 Å². The molecule has 78 valence electrons. The third kappa shape index (κ3) is 3.65. The molecule has 5 nitrogen and oxygen atoms in total. The minimum Gasteiger partial charge on any atom is -0.481 e. The van der Waals surface area contributed by atoms with Crippen molar-refractivity contribution < 1.29 is 9.53 Å². The highest BCUT2D eigenvalue weighted by atomic mass is 16.5. The quantitative estimate of drug-likeness (QED) is 0.781. The smallest absolute Gasteiger partial charge is 0.234 e. The number of methoxy groups -OCH3 is 1. The van der Waals surface area contributed by atoms with Gasteiger partial charge in [-0.1, -0.05) is 6.07 Å². The number of nitrogens with one attached hydrogen (secondary N) is 1. The molecule has 5 heteroatoms. The fourth-order valence-corrected chi connectivity index (χ4v) is 0.971. The van der Waals surface area contributed by atoms with Gasteiger partial charge in [0.15, 0.2) is 0 Å². The Morgan fingerprint density at radius 2 is 2.47 bits per heavy atom. The number of amides is 1. The van der Waals surface area contributed by atoms with Crippen LogP contribution < -0.4 is 10.1 Å². The van der Waals surface area contributed by atoms with Crippen LogP contribution in [0, 0.1) is 11.3 Å². The molecule has 0 spiro atoms. The number of nitriles is 1. The third-order valence-electron chi connectivity index (χ3n) is 1.74. The Kier molecular flexibility index (Phi) is 4.10. The van der Waals surface area contributed by atoms with E-state index in [9.17, 15) is 4.79 Å². The molecule has 0 saturated heterocycles. The van der Waals surface area contributed by atoms with Gasteiger partial charge in [-0.2, -0.15) is 5.26 Å². The molecule has 0 aliphatic rings. The molecule has 1 N–H and O–H groups in total. The minimum atomic E-state index is -0.284. The van der Waals surface area contributed by atoms with Gasteiger partial charge in [0.2, 0.25) is 11.8 Å². The van der Waals surface area contributed by atoms with E-state index in [1.165, 1.54) is 7.11 Å². The number of hydrogen-bond acceptors (Lipinski definition) is 4. The Morgan fingerprint density at radius 1 is 1.67 bits per heavy atom. The van der Waals surface area contributed by atoms with Crippen molar-refractivity contribution in [1.29, 1.82) is 5.26 Å². The molecule has 0 fully saturated rings. The van der Waals surface area contributed by atoms with E-state index in [4.69, 9.17) is 10.00 Å². The zero-order valence-corrected chi connectivity index (χ0v) is 8.36. The summed E-state index contributed by atoms with van der Waals surface area (Å²) in [5.41, 5.74) is 0.863. The van der Waals surface area contributed by atoms with E-state index in [0.717, 1.165) is 5.56 Å². The number of hydrogen-bond donors (Lipinski definition) is 1. The van der Waals surface area contributed by atoms with E-state index >= 15 is 0 Å². The van der Waals surface area contributed by atoms with E-state index in [-0.39, 0.29) is 12.3 Å². The Bertz CT molecular complexity index is 367. The van der Waals surface area contributed by atoms with Crippen LogP contribution in [0.2, 0.25) is 0 Å². The number of ether oxygens (including phenoxy) is 1. The molecule has 15 heavy (non-hydrogen) atoms. The van der Waals surface area contributed by atoms with Crippen LogP contribution in [0.25, 0.3) is 0 Å². The average Bonchev–Trinajstić information content (AvgIpc) is 2.27. The van der Waals surface area contributed by atoms with Gasteiger partial charge in [-0.25, -0.2) is 4.98 Å². The van der Waals surface area contributed by atoms with Crippen molar-refractivity contribution in [2.24, 2.45) is 0 Å². The number of rotatable bonds is 4. The second-order valence-corrected chi connectivity index (χ2v) is 2.82. The lowest BCUT2D eigenvalue weighted by atomic mass is 10.3. The fraction of sp³-hybridized carbons (Fsp3) is 0.300. The van der Waals surface area contributed by atoms with Gasteiger partial charge < -0.3 is 10.1 Å². The second kappa shape index (κ2) is 5.60. The molecule has 0 atom stereocenters. The summed E-state index contributed by atoms with van der Waals surface area (Å²) < 4.78 is 4.89. The molecule has 0 unspecified atom stereocenters. The van der Waals surface area contributed by atoms with Crippen molar-refractivity contribution in [3.8, 4) is 11.9 Å². The monoisotopic (exact) mass is 205 g/mol. The Hall–Kier alpha value is -2.09. The molecule has 1 amide bonds. The van der Waals surface area contributed by atoms with Crippen LogP contribution in [0.15, 0.2) is 18.3 Å². The largest absolute Gasteiger partial charge is 0.481 e. The van der Waals surface area contributed by atoms with Crippen LogP contribution in [-0.2, 0) is 11.3 Å². The summed E-state index contributed by atoms with van der Waals surface area (Å²) in [5.74, 6) is 0.246. The maximum atomic E-state index is 11.0. The zero-order chi connectivity index (χ0) is 11.1. The number of nitrogens with zero attached hydrogens (tertiary/aromatic N) is 2. The van der Waals surface area contributed by atoms with Crippen LogP contribution in [0.4, 0.5) is 0 Å². The molecular weight excluding hydrogens is 194 g/mol. The van der Waals surface area contributed by atoms with Crippen LogP contribution in [0.5, 0.6) is 5.88 Å². The van der Waals surface area contributed by atoms with Crippen molar-refractivity contribution in [2.75, 3.05) is 7.11 Å². The molecule has 0 saturated carbocycles. The molecular formula is C10H11N3O2. The van der Waals surface area contributed by atoms with Crippen LogP contribution in [0.3, 0.4) is 0 Å². The zero-order valence-electron chi connectivity index (χ0n) is 8.36. The molecule has 1 aromatic rings. The lowest BCUT2D eigenvalue weighted by molar-refractivity contribution is -0.120. The maximum Gasteiger partial charge on any atom is 0.234 e. The van der Waals surface area contributed by atoms with Crippen molar-refractivity contribution in [3.63, 3.8) is 0 Å². The van der Waals surface area contributed by atoms with E-state index in [2.05, 4.69) is 10.3 Å². The topological polar surface area (TPSA) is 75.0 Å². The number of pyridine rings is 1. The van der Waals surface area contributed by atoms with Gasteiger partial charge in [-0.15, -0.1) is 0 Å². The minimum absolute atomic E-state index is 0.121. The van der Waals surface area contributed by atoms with Gasteiger partial charge in [0.05, 0.1) is 13.2 Å². The van der Waals surface area contributed by atoms with Crippen molar-refractivity contribution >= 4 is 5.91 Å². The van der Waals surface area contributed by atoms with Crippen molar-refractivity contribution in [3.05, 3.63) is 23.9 Å². The van der Waals surface area contributed by atoms with Gasteiger partial charge in [0.1, 0.15) is 6.42 Å². The SMILES string of the molecule is COc1ccc(CNC(=O)CC#N)cn1. The van der Waals surface area contributed by atoms with Gasteiger partial charge in [0, 0.05) is 18.8 Å². The number of carbonyl (C=O) groups excluding carboxylic acids is 1. The van der Waals surface area contributed by atoms with Gasteiger partial charge in [-0.05, 0) is 5.56 Å². The van der Waals surface area contributed by atoms with Gasteiger partial charge in [0.25, 0.3) is 0 Å². The summed E-state index contributed by atoms with van der Waals surface area (Å²) in [5, 5.41) is 10.9. The second-order valence-electron chi connectivity index (χ2n) is 2.82. The lowest BCUT2D eigenvalue weighted by Crippen LogP contribution is -2.21. The molecule has 0 aromatic carbocycles. The molecule has 0 aliphatic carbocycles. The summed E-state index contributed by atoms with van der Waals surface area (Å²) in [4.78, 5) is 14.9. The first-order valence-electron chi connectivity index (χ1n) is 4.39. The lowest BCUT2D eigenvalue weighted by Gasteiger charge is -2.03. The molecule has 0 radical (unpaired) electrons. The van der Waals surface area contributed by atoms with E-state index in [1.807, 2.05) is 0 Å². The fourth-order valence-electron chi connectivity index (χ4n) is 0.971. The molecule has 1 rings (SSSR count). The highest BCUT2D eigenvalue weighted by molar-refractivity contribution is 5.77. The standard InChI is InChI=1S/C10H11N3O2/c1-15-10-3-2-8(7-13-10)6-12-9(14)4-5-11/h2-3,7H,4,6H2,1H3,(H,12,14). The molecule has 0 bridgehead atoms. The third-order valence-corrected chi connectivity index (χ3v) is 1.74. The highest BCUT2D eigenvalue weighted by Crippen LogP contribution is 2.05. The van der Waals surface area contributed by atoms with Crippen LogP contribution in [0.1, 0.15) is 12.0 Å². The Labute approximate surface area is 87.7 Å². The molecule has 1 heterocycles. The van der Waals surface area contributed by atoms with Crippen molar-refractivity contribution in [1.82, 2.24) is 10.3 Å². The van der Waals surface area contributed by atoms with Crippen molar-refractivity contribution in [2.45, 2.75) is 13.0 Å². The normalized spacial score (nSPS) is 9.07. The number of carbonyl (C=O) groups is 1. The molecule has 0 aliphatic heterocycles. The predicted molar refractivity (Wildman–Crippen MR) is 52.9 cm³/mol. The summed E-state index contributed by atoms with van der Waals surface area (Å²) >= 11 is 0. The summed E-state index contributed by atoms with van der Waals surface area (Å²) in [6, 6.07) is 5.29. The summed E-state index contributed by atoms with van der Waals surface area (Å²) in [7, 11) is 1.54. The Morgan fingerprint density at radius 3 is 3.00 bits per heavy atom. The number of aromatic nitrogens is 1. The average molecular weight is 205 g/mol. The molecule has 1 aromatic heterocycles. The highest BCUT2D eigenvalue weighted by Gasteiger charge is 2.00. The van der Waals surface area contributed by atoms with Gasteiger partial charge >= 0.3 is 0 Å². The first kappa shape index (κ1) is 11.0. The van der Waals surface area contributed by atoms with Crippen LogP contribution in [-0.4, -0.2) is 18.0 Å². The maximum absolute atomic E-state index is 11.0. The van der Waals surface area contributed by atoms with E-state index < -0.39 is 0 Å². The first-order valence-corrected chi connectivity index (χ1v) is 4.39. The summed E-state index contributed by atoms with van der Waals surface area (Å²) in [6.07, 6.45) is 1.50. The summed E-state index contributed by atoms with van der Waals surface area (Å²) in [6.45, 7) is 0.373. The van der Waals surface area contributed by atoms with Gasteiger partial charge in [-0.3, -0.25) is 4.79 Å². The predicted octanol–water partition coefficient (Wildman–Crippen LogP) is 0.620. The Balaban J connectivity index is 2.45. The van der Waals surface area contributed by atoms with E-state index in [0.29, 0.717) is 12.4 Å². The van der Waals surface area contributed by atoms with Crippen LogP contribution >= 0.6 is 0 Å².